The highest BCUT2D eigenvalue weighted by Crippen LogP contribution is 2.26. The number of rotatable bonds is 3. The molecule has 0 radical (unpaired) electrons. The van der Waals surface area contributed by atoms with E-state index in [4.69, 9.17) is 0 Å². The maximum Gasteiger partial charge on any atom is 0.239 e. The minimum absolute atomic E-state index is 0.0711. The lowest BCUT2D eigenvalue weighted by molar-refractivity contribution is -0.146. The molecule has 0 aliphatic carbocycles. The van der Waals surface area contributed by atoms with Gasteiger partial charge in [0, 0.05) is 18.8 Å². The molecule has 1 fully saturated rings. The van der Waals surface area contributed by atoms with E-state index in [1.807, 2.05) is 29.2 Å². The monoisotopic (exact) mass is 344 g/mol. The Morgan fingerprint density at radius 2 is 1.40 bits per heavy atom. The van der Waals surface area contributed by atoms with Crippen molar-refractivity contribution in [3.8, 4) is 0 Å². The highest BCUT2D eigenvalue weighted by molar-refractivity contribution is 6.09. The lowest BCUT2D eigenvalue weighted by Gasteiger charge is -2.30. The topological polar surface area (TPSA) is 49.4 Å². The van der Waals surface area contributed by atoms with Crippen molar-refractivity contribution in [2.45, 2.75) is 65.7 Å². The van der Waals surface area contributed by atoms with Crippen LogP contribution >= 0.6 is 0 Å². The lowest BCUT2D eigenvalue weighted by atomic mass is 9.87. The Morgan fingerprint density at radius 1 is 0.880 bits per heavy atom. The largest absolute Gasteiger partial charge is 0.342 e. The van der Waals surface area contributed by atoms with E-state index in [2.05, 4.69) is 26.1 Å². The fraction of sp³-hybridized carbons (Fsp3) is 0.619. The molecule has 0 bridgehead atoms. The van der Waals surface area contributed by atoms with Crippen LogP contribution in [-0.4, -0.2) is 29.8 Å². The van der Waals surface area contributed by atoms with Crippen molar-refractivity contribution in [1.82, 2.24) is 4.90 Å². The summed E-state index contributed by atoms with van der Waals surface area (Å²) in [4.78, 5) is 27.4. The van der Waals surface area contributed by atoms with Crippen molar-refractivity contribution in [3.05, 3.63) is 29.8 Å². The van der Waals surface area contributed by atoms with E-state index in [1.54, 1.807) is 13.8 Å². The van der Waals surface area contributed by atoms with E-state index in [1.165, 1.54) is 5.56 Å². The number of likely N-dealkylation sites (tertiary alicyclic amines) is 1. The Morgan fingerprint density at radius 3 is 1.88 bits per heavy atom. The van der Waals surface area contributed by atoms with E-state index < -0.39 is 5.41 Å². The number of amides is 2. The first-order valence-corrected chi connectivity index (χ1v) is 9.34. The zero-order valence-electron chi connectivity index (χ0n) is 16.3. The van der Waals surface area contributed by atoms with Crippen molar-refractivity contribution in [2.75, 3.05) is 18.4 Å². The van der Waals surface area contributed by atoms with Crippen LogP contribution in [0.4, 0.5) is 5.69 Å². The summed E-state index contributed by atoms with van der Waals surface area (Å²) in [6.07, 6.45) is 4.38. The summed E-state index contributed by atoms with van der Waals surface area (Å²) < 4.78 is 0. The standard InChI is InChI=1S/C21H32N2O2/c1-20(2,3)16-10-12-17(13-11-16)22-18(24)21(4,5)19(25)23-14-8-6-7-9-15-23/h10-13H,6-9,14-15H2,1-5H3,(H,22,24). The van der Waals surface area contributed by atoms with Crippen LogP contribution in [0.25, 0.3) is 0 Å². The fourth-order valence-corrected chi connectivity index (χ4v) is 3.11. The fourth-order valence-electron chi connectivity index (χ4n) is 3.11. The number of nitrogens with one attached hydrogen (secondary N) is 1. The first-order valence-electron chi connectivity index (χ1n) is 9.34. The summed E-state index contributed by atoms with van der Waals surface area (Å²) >= 11 is 0. The van der Waals surface area contributed by atoms with Gasteiger partial charge < -0.3 is 10.2 Å². The molecule has 0 atom stereocenters. The predicted molar refractivity (Wildman–Crippen MR) is 103 cm³/mol. The second-order valence-corrected chi connectivity index (χ2v) is 8.61. The smallest absolute Gasteiger partial charge is 0.239 e. The molecule has 4 nitrogen and oxygen atoms in total. The molecule has 4 heteroatoms. The van der Waals surface area contributed by atoms with Gasteiger partial charge in [0.1, 0.15) is 5.41 Å². The molecule has 0 aromatic heterocycles. The van der Waals surface area contributed by atoms with Gasteiger partial charge in [-0.3, -0.25) is 9.59 Å². The summed E-state index contributed by atoms with van der Waals surface area (Å²) in [5, 5.41) is 2.91. The van der Waals surface area contributed by atoms with Crippen LogP contribution in [-0.2, 0) is 15.0 Å². The van der Waals surface area contributed by atoms with Gasteiger partial charge >= 0.3 is 0 Å². The molecule has 1 aromatic carbocycles. The van der Waals surface area contributed by atoms with Gasteiger partial charge in [0.2, 0.25) is 11.8 Å². The highest BCUT2D eigenvalue weighted by atomic mass is 16.2. The number of hydrogen-bond donors (Lipinski definition) is 1. The third-order valence-electron chi connectivity index (χ3n) is 5.00. The Kier molecular flexibility index (Phi) is 5.91. The lowest BCUT2D eigenvalue weighted by Crippen LogP contribution is -2.47. The average Bonchev–Trinajstić information content (AvgIpc) is 2.82. The van der Waals surface area contributed by atoms with Gasteiger partial charge in [-0.05, 0) is 49.8 Å². The maximum absolute atomic E-state index is 12.9. The van der Waals surface area contributed by atoms with E-state index >= 15 is 0 Å². The molecule has 1 heterocycles. The molecule has 1 aliphatic heterocycles. The summed E-state index contributed by atoms with van der Waals surface area (Å²) in [5.41, 5.74) is 0.956. The quantitative estimate of drug-likeness (QED) is 0.829. The molecule has 2 amide bonds. The summed E-state index contributed by atoms with van der Waals surface area (Å²) in [6, 6.07) is 7.87. The third-order valence-corrected chi connectivity index (χ3v) is 5.00. The average molecular weight is 344 g/mol. The number of carbonyl (C=O) groups excluding carboxylic acids is 2. The summed E-state index contributed by atoms with van der Waals surface area (Å²) in [5.74, 6) is -0.316. The molecule has 0 unspecified atom stereocenters. The Balaban J connectivity index is 2.06. The van der Waals surface area contributed by atoms with Crippen LogP contribution < -0.4 is 5.32 Å². The van der Waals surface area contributed by atoms with Gasteiger partial charge in [-0.2, -0.15) is 0 Å². The second-order valence-electron chi connectivity index (χ2n) is 8.61. The maximum atomic E-state index is 12.9. The molecular formula is C21H32N2O2. The zero-order chi connectivity index (χ0) is 18.7. The number of anilines is 1. The van der Waals surface area contributed by atoms with E-state index in [9.17, 15) is 9.59 Å². The summed E-state index contributed by atoms with van der Waals surface area (Å²) in [7, 11) is 0. The molecule has 2 rings (SSSR count). The molecule has 1 aliphatic rings. The number of nitrogens with zero attached hydrogens (tertiary/aromatic N) is 1. The molecule has 0 saturated carbocycles. The molecule has 1 aromatic rings. The number of carbonyl (C=O) groups is 2. The third kappa shape index (κ3) is 4.83. The highest BCUT2D eigenvalue weighted by Gasteiger charge is 2.39. The summed E-state index contributed by atoms with van der Waals surface area (Å²) in [6.45, 7) is 11.4. The van der Waals surface area contributed by atoms with Gasteiger partial charge in [0.15, 0.2) is 0 Å². The Hall–Kier alpha value is -1.84. The zero-order valence-corrected chi connectivity index (χ0v) is 16.3. The molecule has 0 spiro atoms. The van der Waals surface area contributed by atoms with Crippen molar-refractivity contribution < 1.29 is 9.59 Å². The van der Waals surface area contributed by atoms with Crippen LogP contribution in [0.1, 0.15) is 65.9 Å². The van der Waals surface area contributed by atoms with Gasteiger partial charge in [0.05, 0.1) is 0 Å². The number of benzene rings is 1. The van der Waals surface area contributed by atoms with Crippen LogP contribution in [0.15, 0.2) is 24.3 Å². The van der Waals surface area contributed by atoms with Crippen molar-refractivity contribution in [1.29, 1.82) is 0 Å². The minimum Gasteiger partial charge on any atom is -0.342 e. The van der Waals surface area contributed by atoms with Gasteiger partial charge in [-0.1, -0.05) is 45.7 Å². The van der Waals surface area contributed by atoms with Gasteiger partial charge in [0.25, 0.3) is 0 Å². The van der Waals surface area contributed by atoms with Crippen LogP contribution in [0.3, 0.4) is 0 Å². The molecule has 1 saturated heterocycles. The minimum atomic E-state index is -1.06. The molecule has 1 N–H and O–H groups in total. The first-order chi connectivity index (χ1) is 11.6. The normalized spacial score (nSPS) is 16.3. The SMILES string of the molecule is CC(C)(C(=O)Nc1ccc(C(C)(C)C)cc1)C(=O)N1CCCCCC1. The Bertz CT molecular complexity index is 604. The van der Waals surface area contributed by atoms with E-state index in [0.29, 0.717) is 0 Å². The number of hydrogen-bond acceptors (Lipinski definition) is 2. The molecular weight excluding hydrogens is 312 g/mol. The van der Waals surface area contributed by atoms with Gasteiger partial charge in [-0.25, -0.2) is 0 Å². The second kappa shape index (κ2) is 7.59. The van der Waals surface area contributed by atoms with E-state index in [-0.39, 0.29) is 17.2 Å². The van der Waals surface area contributed by atoms with Crippen molar-refractivity contribution in [3.63, 3.8) is 0 Å². The Labute approximate surface area is 152 Å². The first kappa shape index (κ1) is 19.5. The molecule has 25 heavy (non-hydrogen) atoms. The van der Waals surface area contributed by atoms with Crippen LogP contribution in [0.2, 0.25) is 0 Å². The van der Waals surface area contributed by atoms with Crippen molar-refractivity contribution >= 4 is 17.5 Å². The van der Waals surface area contributed by atoms with Crippen LogP contribution in [0, 0.1) is 5.41 Å². The van der Waals surface area contributed by atoms with E-state index in [0.717, 1.165) is 44.5 Å². The predicted octanol–water partition coefficient (Wildman–Crippen LogP) is 4.35. The molecule has 138 valence electrons. The van der Waals surface area contributed by atoms with Crippen molar-refractivity contribution in [2.24, 2.45) is 5.41 Å². The van der Waals surface area contributed by atoms with Gasteiger partial charge in [-0.15, -0.1) is 0 Å². The van der Waals surface area contributed by atoms with Crippen LogP contribution in [0.5, 0.6) is 0 Å².